The zero-order valence-corrected chi connectivity index (χ0v) is 18.5. The summed E-state index contributed by atoms with van der Waals surface area (Å²) in [4.78, 5) is 0. The molecule has 2 nitrogen and oxygen atoms in total. The molecule has 0 aliphatic rings. The summed E-state index contributed by atoms with van der Waals surface area (Å²) in [5, 5.41) is 0. The molecule has 1 radical (unpaired) electrons. The molecule has 0 amide bonds. The first-order chi connectivity index (χ1) is 11.6. The first-order valence-corrected chi connectivity index (χ1v) is 10.5. The largest absolute Gasteiger partial charge is 0.440 e. The predicted octanol–water partition coefficient (Wildman–Crippen LogP) is 7.67. The lowest BCUT2D eigenvalue weighted by atomic mass is 9.80. The molecule has 0 aromatic heterocycles. The van der Waals surface area contributed by atoms with Crippen LogP contribution in [0.25, 0.3) is 0 Å². The van der Waals surface area contributed by atoms with E-state index in [9.17, 15) is 0 Å². The summed E-state index contributed by atoms with van der Waals surface area (Å²) in [6.45, 7) is 18.7. The summed E-state index contributed by atoms with van der Waals surface area (Å²) in [5.74, 6) is 1.57. The molecule has 143 valence electrons. The van der Waals surface area contributed by atoms with E-state index in [2.05, 4.69) is 73.6 Å². The van der Waals surface area contributed by atoms with E-state index in [0.717, 1.165) is 12.4 Å². The Morgan fingerprint density at radius 3 is 2.20 bits per heavy atom. The highest BCUT2D eigenvalue weighted by molar-refractivity contribution is 7.26. The number of benzene rings is 1. The van der Waals surface area contributed by atoms with Gasteiger partial charge in [-0.15, -0.1) is 0 Å². The molecule has 0 spiro atoms. The van der Waals surface area contributed by atoms with Gasteiger partial charge in [-0.2, -0.15) is 0 Å². The van der Waals surface area contributed by atoms with Crippen LogP contribution in [0.3, 0.4) is 0 Å². The van der Waals surface area contributed by atoms with Crippen LogP contribution >= 0.6 is 9.03 Å². The fourth-order valence-corrected chi connectivity index (χ4v) is 3.33. The van der Waals surface area contributed by atoms with Crippen molar-refractivity contribution in [1.82, 2.24) is 0 Å². The van der Waals surface area contributed by atoms with Gasteiger partial charge in [0.05, 0.1) is 6.61 Å². The minimum absolute atomic E-state index is 0.0409. The first kappa shape index (κ1) is 22.5. The second-order valence-electron chi connectivity index (χ2n) is 9.09. The van der Waals surface area contributed by atoms with E-state index in [4.69, 9.17) is 9.05 Å². The fourth-order valence-electron chi connectivity index (χ4n) is 2.76. The Balaban J connectivity index is 2.72. The summed E-state index contributed by atoms with van der Waals surface area (Å²) in [7, 11) is 0.598. The number of hydrogen-bond acceptors (Lipinski definition) is 2. The maximum atomic E-state index is 5.98. The number of hydrogen-bond donors (Lipinski definition) is 0. The fraction of sp³-hybridized carbons (Fsp3) is 0.727. The molecule has 0 fully saturated rings. The molecule has 1 aromatic carbocycles. The average molecular weight is 366 g/mol. The van der Waals surface area contributed by atoms with Gasteiger partial charge in [-0.1, -0.05) is 86.8 Å². The molecule has 0 saturated heterocycles. The second kappa shape index (κ2) is 9.93. The zero-order valence-electron chi connectivity index (χ0n) is 17.6. The van der Waals surface area contributed by atoms with Gasteiger partial charge in [0.25, 0.3) is 0 Å². The van der Waals surface area contributed by atoms with Crippen molar-refractivity contribution >= 4 is 9.03 Å². The smallest absolute Gasteiger partial charge is 0.330 e. The van der Waals surface area contributed by atoms with Crippen LogP contribution in [0.2, 0.25) is 0 Å². The first-order valence-electron chi connectivity index (χ1n) is 9.73. The zero-order chi connectivity index (χ0) is 19.1. The van der Waals surface area contributed by atoms with E-state index < -0.39 is 0 Å². The van der Waals surface area contributed by atoms with Crippen molar-refractivity contribution < 1.29 is 9.05 Å². The predicted molar refractivity (Wildman–Crippen MR) is 111 cm³/mol. The van der Waals surface area contributed by atoms with Crippen molar-refractivity contribution in [2.75, 3.05) is 6.61 Å². The molecule has 1 atom stereocenters. The number of unbranched alkanes of at least 4 members (excludes halogenated alkanes) is 1. The third-order valence-corrected chi connectivity index (χ3v) is 5.22. The van der Waals surface area contributed by atoms with Crippen molar-refractivity contribution in [2.45, 2.75) is 91.9 Å². The Hall–Kier alpha value is -0.590. The lowest BCUT2D eigenvalue weighted by Gasteiger charge is -2.26. The molecule has 0 N–H and O–H groups in total. The van der Waals surface area contributed by atoms with E-state index in [0.29, 0.717) is 15.0 Å². The van der Waals surface area contributed by atoms with Crippen LogP contribution in [0.5, 0.6) is 5.75 Å². The van der Waals surface area contributed by atoms with Gasteiger partial charge in [0, 0.05) is 5.56 Å². The molecule has 0 heterocycles. The molecule has 0 aliphatic carbocycles. The standard InChI is InChI=1S/C22H38O2P/c1-9-11-12-17(10-2)16-23-25-24-20-14-13-18(21(3,4)5)15-19(20)22(6,7)8/h13-15,17H,9-12,16H2,1-8H3. The average Bonchev–Trinajstić information content (AvgIpc) is 2.52. The van der Waals surface area contributed by atoms with Gasteiger partial charge in [-0.3, -0.25) is 0 Å². The molecule has 1 unspecified atom stereocenters. The Labute approximate surface area is 158 Å². The summed E-state index contributed by atoms with van der Waals surface area (Å²) < 4.78 is 11.8. The second-order valence-corrected chi connectivity index (χ2v) is 9.68. The lowest BCUT2D eigenvalue weighted by Crippen LogP contribution is -2.17. The van der Waals surface area contributed by atoms with Crippen LogP contribution in [0, 0.1) is 5.92 Å². The highest BCUT2D eigenvalue weighted by atomic mass is 31.1. The van der Waals surface area contributed by atoms with Crippen molar-refractivity contribution in [3.8, 4) is 5.75 Å². The Bertz CT molecular complexity index is 512. The van der Waals surface area contributed by atoms with Crippen LogP contribution in [-0.4, -0.2) is 6.61 Å². The third-order valence-electron chi connectivity index (χ3n) is 4.70. The van der Waals surface area contributed by atoms with Gasteiger partial charge in [0.2, 0.25) is 0 Å². The van der Waals surface area contributed by atoms with Gasteiger partial charge in [-0.25, -0.2) is 0 Å². The van der Waals surface area contributed by atoms with Gasteiger partial charge >= 0.3 is 9.03 Å². The van der Waals surface area contributed by atoms with E-state index in [1.165, 1.54) is 36.8 Å². The summed E-state index contributed by atoms with van der Waals surface area (Å²) in [6, 6.07) is 6.57. The third kappa shape index (κ3) is 7.67. The van der Waals surface area contributed by atoms with Crippen LogP contribution in [0.4, 0.5) is 0 Å². The topological polar surface area (TPSA) is 18.5 Å². The summed E-state index contributed by atoms with van der Waals surface area (Å²) >= 11 is 0. The van der Waals surface area contributed by atoms with Gasteiger partial charge in [-0.05, 0) is 34.8 Å². The van der Waals surface area contributed by atoms with E-state index in [1.807, 2.05) is 0 Å². The summed E-state index contributed by atoms with van der Waals surface area (Å²) in [6.07, 6.45) is 4.95. The van der Waals surface area contributed by atoms with Gasteiger partial charge in [0.1, 0.15) is 5.75 Å². The molecular formula is C22H38O2P. The van der Waals surface area contributed by atoms with E-state index >= 15 is 0 Å². The minimum atomic E-state index is 0.0409. The Kier molecular flexibility index (Phi) is 8.92. The lowest BCUT2D eigenvalue weighted by molar-refractivity contribution is 0.243. The van der Waals surface area contributed by atoms with Crippen LogP contribution in [0.15, 0.2) is 18.2 Å². The van der Waals surface area contributed by atoms with Crippen molar-refractivity contribution in [3.63, 3.8) is 0 Å². The molecule has 25 heavy (non-hydrogen) atoms. The van der Waals surface area contributed by atoms with Crippen LogP contribution in [0.1, 0.15) is 92.2 Å². The van der Waals surface area contributed by atoms with Gasteiger partial charge < -0.3 is 9.05 Å². The quantitative estimate of drug-likeness (QED) is 0.330. The SMILES string of the molecule is CCCCC(CC)CO[P]Oc1ccc(C(C)(C)C)cc1C(C)(C)C. The maximum absolute atomic E-state index is 5.98. The Morgan fingerprint density at radius 2 is 1.68 bits per heavy atom. The molecule has 1 rings (SSSR count). The molecule has 1 aromatic rings. The normalized spacial score (nSPS) is 14.2. The summed E-state index contributed by atoms with van der Waals surface area (Å²) in [5.41, 5.74) is 2.77. The molecule has 0 saturated carbocycles. The van der Waals surface area contributed by atoms with Crippen molar-refractivity contribution in [1.29, 1.82) is 0 Å². The van der Waals surface area contributed by atoms with Crippen molar-refractivity contribution in [3.05, 3.63) is 29.3 Å². The maximum Gasteiger partial charge on any atom is 0.330 e. The van der Waals surface area contributed by atoms with Gasteiger partial charge in [0.15, 0.2) is 0 Å². The monoisotopic (exact) mass is 365 g/mol. The van der Waals surface area contributed by atoms with E-state index in [1.54, 1.807) is 0 Å². The molecule has 3 heteroatoms. The van der Waals surface area contributed by atoms with Crippen molar-refractivity contribution in [2.24, 2.45) is 5.92 Å². The highest BCUT2D eigenvalue weighted by Gasteiger charge is 2.23. The highest BCUT2D eigenvalue weighted by Crippen LogP contribution is 2.38. The molecular weight excluding hydrogens is 327 g/mol. The van der Waals surface area contributed by atoms with Crippen LogP contribution in [-0.2, 0) is 15.4 Å². The molecule has 0 bridgehead atoms. The van der Waals surface area contributed by atoms with E-state index in [-0.39, 0.29) is 10.8 Å². The number of rotatable bonds is 9. The molecule has 0 aliphatic heterocycles. The van der Waals surface area contributed by atoms with Crippen LogP contribution < -0.4 is 4.52 Å². The minimum Gasteiger partial charge on any atom is -0.440 e. The Morgan fingerprint density at radius 1 is 1.00 bits per heavy atom.